The second kappa shape index (κ2) is 12.4. The molecule has 0 bridgehead atoms. The molecule has 0 spiro atoms. The first kappa shape index (κ1) is 28.1. The van der Waals surface area contributed by atoms with Crippen molar-refractivity contribution in [2.75, 3.05) is 42.7 Å². The fraction of sp³-hybridized carbons (Fsp3) is 0.167. The fourth-order valence-electron chi connectivity index (χ4n) is 4.97. The van der Waals surface area contributed by atoms with Gasteiger partial charge in [-0.1, -0.05) is 72.2 Å². The topological polar surface area (TPSA) is 55.4 Å². The van der Waals surface area contributed by atoms with Gasteiger partial charge in [0.1, 0.15) is 0 Å². The van der Waals surface area contributed by atoms with Gasteiger partial charge < -0.3 is 28.4 Å². The predicted molar refractivity (Wildman–Crippen MR) is 166 cm³/mol. The average Bonchev–Trinajstić information content (AvgIpc) is 3.04. The maximum absolute atomic E-state index is 5.52. The van der Waals surface area contributed by atoms with Crippen molar-refractivity contribution in [3.63, 3.8) is 0 Å². The fourth-order valence-corrected chi connectivity index (χ4v) is 4.97. The summed E-state index contributed by atoms with van der Waals surface area (Å²) in [7, 11) is 9.52. The molecule has 42 heavy (non-hydrogen) atoms. The number of benzene rings is 5. The Morgan fingerprint density at radius 3 is 0.905 bits per heavy atom. The van der Waals surface area contributed by atoms with Crippen LogP contribution in [0.4, 0.5) is 0 Å². The Balaban J connectivity index is 1.71. The second-order valence-electron chi connectivity index (χ2n) is 9.17. The zero-order valence-electron chi connectivity index (χ0n) is 24.4. The zero-order valence-corrected chi connectivity index (χ0v) is 24.4. The Morgan fingerprint density at radius 2 is 0.667 bits per heavy atom. The maximum atomic E-state index is 5.52. The minimum Gasteiger partial charge on any atom is -0.493 e. The number of hydrogen-bond donors (Lipinski definition) is 0. The molecule has 0 heterocycles. The number of rotatable bonds is 6. The van der Waals surface area contributed by atoms with Crippen molar-refractivity contribution in [1.29, 1.82) is 0 Å². The van der Waals surface area contributed by atoms with Crippen LogP contribution in [0.5, 0.6) is 34.5 Å². The van der Waals surface area contributed by atoms with Crippen LogP contribution in [0.1, 0.15) is 22.3 Å². The van der Waals surface area contributed by atoms with Gasteiger partial charge in [0.25, 0.3) is 0 Å². The van der Waals surface area contributed by atoms with E-state index in [-0.39, 0.29) is 0 Å². The minimum atomic E-state index is 0.525. The lowest BCUT2D eigenvalue weighted by Crippen LogP contribution is -1.96. The van der Waals surface area contributed by atoms with Crippen LogP contribution < -0.4 is 28.4 Å². The number of ether oxygens (including phenoxy) is 6. The van der Waals surface area contributed by atoms with Gasteiger partial charge in [0.15, 0.2) is 23.0 Å². The molecule has 0 radical (unpaired) electrons. The normalized spacial score (nSPS) is 10.2. The van der Waals surface area contributed by atoms with Gasteiger partial charge in [0.2, 0.25) is 11.5 Å². The van der Waals surface area contributed by atoms with Gasteiger partial charge in [-0.05, 0) is 45.8 Å². The largest absolute Gasteiger partial charge is 0.493 e. The summed E-state index contributed by atoms with van der Waals surface area (Å²) in [6.45, 7) is 0. The molecule has 0 atom stereocenters. The van der Waals surface area contributed by atoms with Crippen molar-refractivity contribution in [3.8, 4) is 58.2 Å². The van der Waals surface area contributed by atoms with Crippen LogP contribution >= 0.6 is 0 Å². The van der Waals surface area contributed by atoms with Gasteiger partial charge in [0, 0.05) is 22.3 Å². The van der Waals surface area contributed by atoms with E-state index >= 15 is 0 Å². The summed E-state index contributed by atoms with van der Waals surface area (Å²) in [4.78, 5) is 0. The van der Waals surface area contributed by atoms with Crippen LogP contribution in [-0.2, 0) is 0 Å². The lowest BCUT2D eigenvalue weighted by molar-refractivity contribution is 0.324. The molecule has 0 saturated heterocycles. The third-order valence-electron chi connectivity index (χ3n) is 6.92. The molecule has 5 aromatic rings. The molecule has 0 aliphatic rings. The first-order chi connectivity index (χ1) is 20.6. The summed E-state index contributed by atoms with van der Waals surface area (Å²) >= 11 is 0. The number of hydrogen-bond acceptors (Lipinski definition) is 6. The van der Waals surface area contributed by atoms with E-state index in [1.54, 1.807) is 42.7 Å². The van der Waals surface area contributed by atoms with Gasteiger partial charge in [-0.2, -0.15) is 0 Å². The average molecular weight is 559 g/mol. The summed E-state index contributed by atoms with van der Waals surface area (Å²) in [5.41, 5.74) is 3.30. The van der Waals surface area contributed by atoms with Crippen LogP contribution in [0.3, 0.4) is 0 Å². The zero-order chi connectivity index (χ0) is 29.6. The molecule has 0 fully saturated rings. The molecule has 0 unspecified atom stereocenters. The molecule has 0 saturated carbocycles. The highest BCUT2D eigenvalue weighted by Gasteiger charge is 2.15. The molecule has 6 nitrogen and oxygen atoms in total. The summed E-state index contributed by atoms with van der Waals surface area (Å²) < 4.78 is 33.0. The van der Waals surface area contributed by atoms with Crippen LogP contribution in [0.25, 0.3) is 21.5 Å². The molecule has 210 valence electrons. The van der Waals surface area contributed by atoms with Crippen molar-refractivity contribution in [3.05, 3.63) is 95.1 Å². The molecule has 0 aromatic heterocycles. The standard InChI is InChI=1S/C36H30O6/c1-37-31-19-23(20-32(38-2)35(31)41-5)15-17-29-25-11-7-9-13-27(25)30(28-14-10-8-12-26(28)29)18-16-24-21-33(39-3)36(42-6)34(22-24)40-4/h7-14,19-22H,1-6H3. The smallest absolute Gasteiger partial charge is 0.203 e. The molecule has 0 aliphatic carbocycles. The van der Waals surface area contributed by atoms with E-state index in [0.717, 1.165) is 43.8 Å². The van der Waals surface area contributed by atoms with E-state index in [1.807, 2.05) is 48.5 Å². The molecular formula is C36H30O6. The highest BCUT2D eigenvalue weighted by Crippen LogP contribution is 2.39. The summed E-state index contributed by atoms with van der Waals surface area (Å²) in [5, 5.41) is 4.02. The van der Waals surface area contributed by atoms with E-state index in [1.165, 1.54) is 0 Å². The lowest BCUT2D eigenvalue weighted by Gasteiger charge is -2.13. The van der Waals surface area contributed by atoms with E-state index < -0.39 is 0 Å². The summed E-state index contributed by atoms with van der Waals surface area (Å²) in [5.74, 6) is 16.8. The van der Waals surface area contributed by atoms with E-state index in [9.17, 15) is 0 Å². The Labute approximate surface area is 245 Å². The highest BCUT2D eigenvalue weighted by molar-refractivity contribution is 6.09. The highest BCUT2D eigenvalue weighted by atomic mass is 16.5. The monoisotopic (exact) mass is 558 g/mol. The van der Waals surface area contributed by atoms with Gasteiger partial charge in [0.05, 0.1) is 42.7 Å². The lowest BCUT2D eigenvalue weighted by atomic mass is 9.92. The Kier molecular flexibility index (Phi) is 8.27. The second-order valence-corrected chi connectivity index (χ2v) is 9.17. The van der Waals surface area contributed by atoms with Crippen LogP contribution in [-0.4, -0.2) is 42.7 Å². The third-order valence-corrected chi connectivity index (χ3v) is 6.92. The Morgan fingerprint density at radius 1 is 0.381 bits per heavy atom. The van der Waals surface area contributed by atoms with Crippen LogP contribution in [0.15, 0.2) is 72.8 Å². The Bertz CT molecular complexity index is 1670. The van der Waals surface area contributed by atoms with Gasteiger partial charge in [-0.3, -0.25) is 0 Å². The van der Waals surface area contributed by atoms with E-state index in [2.05, 4.69) is 47.9 Å². The first-order valence-electron chi connectivity index (χ1n) is 13.1. The van der Waals surface area contributed by atoms with Crippen molar-refractivity contribution in [1.82, 2.24) is 0 Å². The number of fused-ring (bicyclic) bond motifs is 2. The van der Waals surface area contributed by atoms with Crippen LogP contribution in [0, 0.1) is 23.7 Å². The third kappa shape index (κ3) is 5.19. The molecule has 6 heteroatoms. The molecule has 5 aromatic carbocycles. The maximum Gasteiger partial charge on any atom is 0.203 e. The van der Waals surface area contributed by atoms with Gasteiger partial charge >= 0.3 is 0 Å². The SMILES string of the molecule is COc1cc(C#Cc2c3ccccc3c(C#Cc3cc(OC)c(OC)c(OC)c3)c3ccccc23)cc(OC)c1OC. The molecule has 0 aliphatic heterocycles. The van der Waals surface area contributed by atoms with Crippen molar-refractivity contribution >= 4 is 21.5 Å². The van der Waals surface area contributed by atoms with E-state index in [4.69, 9.17) is 28.4 Å². The first-order valence-corrected chi connectivity index (χ1v) is 13.1. The summed E-state index contributed by atoms with van der Waals surface area (Å²) in [6, 6.07) is 23.7. The van der Waals surface area contributed by atoms with Crippen LogP contribution in [0.2, 0.25) is 0 Å². The number of methoxy groups -OCH3 is 6. The quantitative estimate of drug-likeness (QED) is 0.168. The molecule has 5 rings (SSSR count). The Hall–Kier alpha value is -5.46. The van der Waals surface area contributed by atoms with Crippen molar-refractivity contribution in [2.24, 2.45) is 0 Å². The summed E-state index contributed by atoms with van der Waals surface area (Å²) in [6.07, 6.45) is 0. The van der Waals surface area contributed by atoms with Gasteiger partial charge in [-0.15, -0.1) is 0 Å². The van der Waals surface area contributed by atoms with Crippen molar-refractivity contribution in [2.45, 2.75) is 0 Å². The molecule has 0 N–H and O–H groups in total. The van der Waals surface area contributed by atoms with Crippen molar-refractivity contribution < 1.29 is 28.4 Å². The molecule has 0 amide bonds. The minimum absolute atomic E-state index is 0.525. The predicted octanol–water partition coefficient (Wildman–Crippen LogP) is 6.84. The molecular weight excluding hydrogens is 528 g/mol. The van der Waals surface area contributed by atoms with E-state index in [0.29, 0.717) is 34.5 Å². The van der Waals surface area contributed by atoms with Gasteiger partial charge in [-0.25, -0.2) is 0 Å².